The minimum atomic E-state index is 0.330. The Morgan fingerprint density at radius 2 is 1.88 bits per heavy atom. The van der Waals surface area contributed by atoms with Gasteiger partial charge < -0.3 is 0 Å². The van der Waals surface area contributed by atoms with Crippen LogP contribution in [-0.2, 0) is 0 Å². The van der Waals surface area contributed by atoms with E-state index in [0.717, 1.165) is 15.6 Å². The lowest BCUT2D eigenvalue weighted by atomic mass is 9.85. The summed E-state index contributed by atoms with van der Waals surface area (Å²) in [6.45, 7) is 0. The third-order valence-corrected chi connectivity index (χ3v) is 4.31. The smallest absolute Gasteiger partial charge is 0.164 e. The maximum absolute atomic E-state index is 12.1. The van der Waals surface area contributed by atoms with Crippen molar-refractivity contribution in [3.05, 3.63) is 33.4 Å². The van der Waals surface area contributed by atoms with Crippen LogP contribution < -0.4 is 0 Å². The Labute approximate surface area is 111 Å². The van der Waals surface area contributed by atoms with Gasteiger partial charge in [0.1, 0.15) is 0 Å². The van der Waals surface area contributed by atoms with Gasteiger partial charge in [-0.3, -0.25) is 4.79 Å². The SMILES string of the molecule is O=C(CC1CCCCC1)c1ccccc1I. The number of carbonyl (C=O) groups is 1. The first-order chi connectivity index (χ1) is 7.77. The third kappa shape index (κ3) is 3.06. The van der Waals surface area contributed by atoms with E-state index in [1.54, 1.807) is 0 Å². The fourth-order valence-electron chi connectivity index (χ4n) is 2.45. The molecule has 1 aliphatic rings. The predicted molar refractivity (Wildman–Crippen MR) is 74.7 cm³/mol. The van der Waals surface area contributed by atoms with E-state index >= 15 is 0 Å². The zero-order chi connectivity index (χ0) is 11.4. The van der Waals surface area contributed by atoms with E-state index in [1.807, 2.05) is 24.3 Å². The van der Waals surface area contributed by atoms with Crippen molar-refractivity contribution in [3.63, 3.8) is 0 Å². The van der Waals surface area contributed by atoms with Crippen molar-refractivity contribution in [2.75, 3.05) is 0 Å². The average Bonchev–Trinajstić information content (AvgIpc) is 2.31. The molecule has 1 nitrogen and oxygen atoms in total. The van der Waals surface area contributed by atoms with Gasteiger partial charge in [-0.05, 0) is 34.6 Å². The molecule has 1 fully saturated rings. The topological polar surface area (TPSA) is 17.1 Å². The third-order valence-electron chi connectivity index (χ3n) is 3.37. The summed E-state index contributed by atoms with van der Waals surface area (Å²) in [4.78, 5) is 12.1. The number of ketones is 1. The lowest BCUT2D eigenvalue weighted by Gasteiger charge is -2.20. The Hall–Kier alpha value is -0.380. The van der Waals surface area contributed by atoms with Crippen LogP contribution in [0.5, 0.6) is 0 Å². The van der Waals surface area contributed by atoms with Crippen molar-refractivity contribution in [1.82, 2.24) is 0 Å². The van der Waals surface area contributed by atoms with Crippen molar-refractivity contribution in [2.24, 2.45) is 5.92 Å². The van der Waals surface area contributed by atoms with Gasteiger partial charge >= 0.3 is 0 Å². The van der Waals surface area contributed by atoms with Gasteiger partial charge in [0.05, 0.1) is 0 Å². The number of hydrogen-bond donors (Lipinski definition) is 0. The Morgan fingerprint density at radius 3 is 2.56 bits per heavy atom. The first-order valence-electron chi connectivity index (χ1n) is 6.05. The number of benzene rings is 1. The second-order valence-electron chi connectivity index (χ2n) is 4.61. The van der Waals surface area contributed by atoms with Gasteiger partial charge in [-0.15, -0.1) is 0 Å². The summed E-state index contributed by atoms with van der Waals surface area (Å²) in [5.74, 6) is 0.967. The van der Waals surface area contributed by atoms with Crippen molar-refractivity contribution in [2.45, 2.75) is 38.5 Å². The molecule has 1 aliphatic carbocycles. The van der Waals surface area contributed by atoms with E-state index in [0.29, 0.717) is 11.7 Å². The Kier molecular flexibility index (Phi) is 4.38. The highest BCUT2D eigenvalue weighted by Crippen LogP contribution is 2.28. The standard InChI is InChI=1S/C14H17IO/c15-13-9-5-4-8-12(13)14(16)10-11-6-2-1-3-7-11/h4-5,8-9,11H,1-3,6-7,10H2. The van der Waals surface area contributed by atoms with E-state index in [9.17, 15) is 4.79 Å². The second kappa shape index (κ2) is 5.80. The van der Waals surface area contributed by atoms with Crippen LogP contribution in [0, 0.1) is 9.49 Å². The highest BCUT2D eigenvalue weighted by molar-refractivity contribution is 14.1. The summed E-state index contributed by atoms with van der Waals surface area (Å²) >= 11 is 2.25. The van der Waals surface area contributed by atoms with Gasteiger partial charge in [-0.1, -0.05) is 50.3 Å². The highest BCUT2D eigenvalue weighted by Gasteiger charge is 2.18. The minimum Gasteiger partial charge on any atom is -0.294 e. The van der Waals surface area contributed by atoms with Crippen molar-refractivity contribution < 1.29 is 4.79 Å². The molecule has 1 aromatic carbocycles. The van der Waals surface area contributed by atoms with Gasteiger partial charge in [-0.2, -0.15) is 0 Å². The lowest BCUT2D eigenvalue weighted by Crippen LogP contribution is -2.13. The van der Waals surface area contributed by atoms with Crippen LogP contribution in [0.15, 0.2) is 24.3 Å². The van der Waals surface area contributed by atoms with Gasteiger partial charge in [-0.25, -0.2) is 0 Å². The normalized spacial score (nSPS) is 17.3. The molecule has 0 spiro atoms. The molecule has 86 valence electrons. The van der Waals surface area contributed by atoms with E-state index in [1.165, 1.54) is 32.1 Å². The van der Waals surface area contributed by atoms with Crippen LogP contribution in [0.4, 0.5) is 0 Å². The van der Waals surface area contributed by atoms with E-state index in [4.69, 9.17) is 0 Å². The maximum atomic E-state index is 12.1. The number of Topliss-reactive ketones (excluding diaryl/α,β-unsaturated/α-hetero) is 1. The molecule has 0 saturated heterocycles. The highest BCUT2D eigenvalue weighted by atomic mass is 127. The summed E-state index contributed by atoms with van der Waals surface area (Å²) < 4.78 is 1.08. The molecule has 0 radical (unpaired) electrons. The largest absolute Gasteiger partial charge is 0.294 e. The molecule has 0 amide bonds. The molecule has 0 aromatic heterocycles. The molecule has 0 bridgehead atoms. The first kappa shape index (κ1) is 12.1. The maximum Gasteiger partial charge on any atom is 0.164 e. The molecule has 16 heavy (non-hydrogen) atoms. The Balaban J connectivity index is 2.00. The lowest BCUT2D eigenvalue weighted by molar-refractivity contribution is 0.0949. The van der Waals surface area contributed by atoms with Crippen molar-refractivity contribution in [3.8, 4) is 0 Å². The molecular formula is C14H17IO. The van der Waals surface area contributed by atoms with Crippen LogP contribution in [0.1, 0.15) is 48.9 Å². The number of carbonyl (C=O) groups excluding carboxylic acids is 1. The fourth-order valence-corrected chi connectivity index (χ4v) is 3.14. The zero-order valence-electron chi connectivity index (χ0n) is 9.42. The summed E-state index contributed by atoms with van der Waals surface area (Å²) in [5.41, 5.74) is 0.911. The summed E-state index contributed by atoms with van der Waals surface area (Å²) in [6.07, 6.45) is 7.21. The molecule has 0 unspecified atom stereocenters. The molecule has 1 aromatic rings. The molecule has 0 atom stereocenters. The van der Waals surface area contributed by atoms with Crippen LogP contribution >= 0.6 is 22.6 Å². The van der Waals surface area contributed by atoms with Crippen LogP contribution in [-0.4, -0.2) is 5.78 Å². The predicted octanol–water partition coefficient (Wildman–Crippen LogP) is 4.44. The Morgan fingerprint density at radius 1 is 1.19 bits per heavy atom. The van der Waals surface area contributed by atoms with E-state index in [-0.39, 0.29) is 0 Å². The van der Waals surface area contributed by atoms with Crippen molar-refractivity contribution >= 4 is 28.4 Å². The summed E-state index contributed by atoms with van der Waals surface area (Å²) in [6, 6.07) is 7.90. The van der Waals surface area contributed by atoms with Crippen LogP contribution in [0.2, 0.25) is 0 Å². The molecule has 0 heterocycles. The zero-order valence-corrected chi connectivity index (χ0v) is 11.6. The molecule has 0 aliphatic heterocycles. The molecule has 2 rings (SSSR count). The minimum absolute atomic E-state index is 0.330. The summed E-state index contributed by atoms with van der Waals surface area (Å²) in [7, 11) is 0. The molecule has 2 heteroatoms. The Bertz CT molecular complexity index is 367. The fraction of sp³-hybridized carbons (Fsp3) is 0.500. The van der Waals surface area contributed by atoms with Gasteiger partial charge in [0.15, 0.2) is 5.78 Å². The summed E-state index contributed by atoms with van der Waals surface area (Å²) in [5, 5.41) is 0. The molecular weight excluding hydrogens is 311 g/mol. The number of rotatable bonds is 3. The van der Waals surface area contributed by atoms with Gasteiger partial charge in [0.25, 0.3) is 0 Å². The number of hydrogen-bond acceptors (Lipinski definition) is 1. The van der Waals surface area contributed by atoms with Crippen LogP contribution in [0.3, 0.4) is 0 Å². The quantitative estimate of drug-likeness (QED) is 0.592. The second-order valence-corrected chi connectivity index (χ2v) is 5.77. The monoisotopic (exact) mass is 328 g/mol. The van der Waals surface area contributed by atoms with Gasteiger partial charge in [0.2, 0.25) is 0 Å². The molecule has 1 saturated carbocycles. The molecule has 0 N–H and O–H groups in total. The average molecular weight is 328 g/mol. The van der Waals surface area contributed by atoms with Gasteiger partial charge in [0, 0.05) is 15.6 Å². The van der Waals surface area contributed by atoms with E-state index < -0.39 is 0 Å². The van der Waals surface area contributed by atoms with Crippen LogP contribution in [0.25, 0.3) is 0 Å². The first-order valence-corrected chi connectivity index (χ1v) is 7.13. The number of halogens is 1. The van der Waals surface area contributed by atoms with E-state index in [2.05, 4.69) is 22.6 Å². The van der Waals surface area contributed by atoms with Crippen molar-refractivity contribution in [1.29, 1.82) is 0 Å².